The van der Waals surface area contributed by atoms with Crippen molar-refractivity contribution in [2.24, 2.45) is 0 Å². The number of hydrogen-bond donors (Lipinski definition) is 0. The number of anilines is 1. The van der Waals surface area contributed by atoms with E-state index in [0.717, 1.165) is 55.1 Å². The van der Waals surface area contributed by atoms with E-state index in [2.05, 4.69) is 54.5 Å². The van der Waals surface area contributed by atoms with Crippen LogP contribution in [0.3, 0.4) is 0 Å². The van der Waals surface area contributed by atoms with Gasteiger partial charge in [-0.3, -0.25) is 4.90 Å². The fourth-order valence-corrected chi connectivity index (χ4v) is 4.31. The van der Waals surface area contributed by atoms with Gasteiger partial charge in [0, 0.05) is 62.1 Å². The summed E-state index contributed by atoms with van der Waals surface area (Å²) in [5.41, 5.74) is 2.33. The lowest BCUT2D eigenvalue weighted by atomic mass is 10.2. The lowest BCUT2D eigenvalue weighted by Gasteiger charge is -2.35. The summed E-state index contributed by atoms with van der Waals surface area (Å²) in [6, 6.07) is 14.3. The summed E-state index contributed by atoms with van der Waals surface area (Å²) in [6.45, 7) is 4.73. The minimum absolute atomic E-state index is 0.790. The second-order valence-corrected chi connectivity index (χ2v) is 7.82. The maximum atomic E-state index is 4.82. The Morgan fingerprint density at radius 2 is 1.76 bits per heavy atom. The highest BCUT2D eigenvalue weighted by atomic mass is 32.1. The number of thiazole rings is 1. The molecule has 0 atom stereocenters. The van der Waals surface area contributed by atoms with E-state index in [0.29, 0.717) is 0 Å². The molecule has 146 valence electrons. The van der Waals surface area contributed by atoms with Gasteiger partial charge in [0.25, 0.3) is 0 Å². The van der Waals surface area contributed by atoms with E-state index in [1.54, 1.807) is 28.5 Å². The Morgan fingerprint density at radius 3 is 2.55 bits per heavy atom. The van der Waals surface area contributed by atoms with Crippen LogP contribution in [0.25, 0.3) is 16.4 Å². The average Bonchev–Trinajstić information content (AvgIpc) is 3.48. The zero-order valence-corrected chi connectivity index (χ0v) is 16.7. The molecule has 1 aliphatic rings. The molecule has 8 heteroatoms. The standard InChI is InChI=1S/C21H21N7S/c1-2-5-17(6-3-1)21-25-18(15-29-21)14-26-9-11-27(12-10-26)19-13-20(23-16-22-19)28-8-4-7-24-28/h1-8,13,15-16H,9-12,14H2. The Hall–Kier alpha value is -3.10. The van der Waals surface area contributed by atoms with Gasteiger partial charge in [0.05, 0.1) is 5.69 Å². The van der Waals surface area contributed by atoms with Gasteiger partial charge in [0.15, 0.2) is 5.82 Å². The van der Waals surface area contributed by atoms with E-state index < -0.39 is 0 Å². The van der Waals surface area contributed by atoms with E-state index >= 15 is 0 Å². The fraction of sp³-hybridized carbons (Fsp3) is 0.238. The highest BCUT2D eigenvalue weighted by Crippen LogP contribution is 2.24. The van der Waals surface area contributed by atoms with Gasteiger partial charge in [-0.15, -0.1) is 11.3 Å². The van der Waals surface area contributed by atoms with Crippen molar-refractivity contribution < 1.29 is 0 Å². The van der Waals surface area contributed by atoms with Crippen LogP contribution in [0.5, 0.6) is 0 Å². The molecule has 1 aromatic carbocycles. The summed E-state index contributed by atoms with van der Waals surface area (Å²) >= 11 is 1.72. The molecule has 0 saturated carbocycles. The molecule has 0 amide bonds. The van der Waals surface area contributed by atoms with Crippen molar-refractivity contribution in [2.45, 2.75) is 6.54 Å². The number of benzene rings is 1. The van der Waals surface area contributed by atoms with Crippen LogP contribution in [-0.2, 0) is 6.54 Å². The van der Waals surface area contributed by atoms with Crippen molar-refractivity contribution in [1.29, 1.82) is 0 Å². The summed E-state index contributed by atoms with van der Waals surface area (Å²) in [6.07, 6.45) is 5.25. The fourth-order valence-electron chi connectivity index (χ4n) is 3.50. The van der Waals surface area contributed by atoms with E-state index in [9.17, 15) is 0 Å². The van der Waals surface area contributed by atoms with Crippen LogP contribution in [0.4, 0.5) is 5.82 Å². The highest BCUT2D eigenvalue weighted by molar-refractivity contribution is 7.13. The molecule has 1 aliphatic heterocycles. The average molecular weight is 404 g/mol. The quantitative estimate of drug-likeness (QED) is 0.510. The van der Waals surface area contributed by atoms with Crippen LogP contribution in [0.15, 0.2) is 66.6 Å². The minimum atomic E-state index is 0.790. The van der Waals surface area contributed by atoms with Gasteiger partial charge in [0.2, 0.25) is 0 Å². The number of hydrogen-bond acceptors (Lipinski definition) is 7. The summed E-state index contributed by atoms with van der Waals surface area (Å²) in [7, 11) is 0. The Labute approximate surface area is 173 Å². The number of nitrogens with zero attached hydrogens (tertiary/aromatic N) is 7. The van der Waals surface area contributed by atoms with Gasteiger partial charge >= 0.3 is 0 Å². The van der Waals surface area contributed by atoms with Crippen LogP contribution < -0.4 is 4.90 Å². The number of piperazine rings is 1. The molecule has 0 aliphatic carbocycles. The summed E-state index contributed by atoms with van der Waals surface area (Å²) < 4.78 is 1.76. The largest absolute Gasteiger partial charge is 0.354 e. The molecule has 0 spiro atoms. The molecular formula is C21H21N7S. The summed E-state index contributed by atoms with van der Waals surface area (Å²) in [5.74, 6) is 1.74. The maximum Gasteiger partial charge on any atom is 0.158 e. The number of rotatable bonds is 5. The molecule has 0 radical (unpaired) electrons. The van der Waals surface area contributed by atoms with Gasteiger partial charge in [-0.1, -0.05) is 30.3 Å². The second kappa shape index (κ2) is 8.10. The first-order chi connectivity index (χ1) is 14.3. The lowest BCUT2D eigenvalue weighted by molar-refractivity contribution is 0.247. The van der Waals surface area contributed by atoms with E-state index in [1.165, 1.54) is 5.56 Å². The minimum Gasteiger partial charge on any atom is -0.354 e. The summed E-state index contributed by atoms with van der Waals surface area (Å²) in [4.78, 5) is 18.4. The van der Waals surface area contributed by atoms with Crippen molar-refractivity contribution in [2.75, 3.05) is 31.1 Å². The maximum absolute atomic E-state index is 4.82. The Kier molecular flexibility index (Phi) is 5.02. The first-order valence-corrected chi connectivity index (χ1v) is 10.5. The molecule has 3 aromatic heterocycles. The van der Waals surface area contributed by atoms with Crippen LogP contribution >= 0.6 is 11.3 Å². The van der Waals surface area contributed by atoms with Gasteiger partial charge in [-0.25, -0.2) is 19.6 Å². The highest BCUT2D eigenvalue weighted by Gasteiger charge is 2.19. The van der Waals surface area contributed by atoms with Crippen LogP contribution in [0.1, 0.15) is 5.69 Å². The van der Waals surface area contributed by atoms with Gasteiger partial charge in [0.1, 0.15) is 17.2 Å². The molecule has 1 fully saturated rings. The molecule has 0 unspecified atom stereocenters. The van der Waals surface area contributed by atoms with Gasteiger partial charge in [-0.05, 0) is 6.07 Å². The Balaban J connectivity index is 1.20. The third kappa shape index (κ3) is 4.03. The smallest absolute Gasteiger partial charge is 0.158 e. The van der Waals surface area contributed by atoms with Gasteiger partial charge < -0.3 is 4.90 Å². The van der Waals surface area contributed by atoms with Crippen LogP contribution in [-0.4, -0.2) is 55.8 Å². The normalized spacial score (nSPS) is 15.0. The molecule has 0 bridgehead atoms. The molecular weight excluding hydrogens is 382 g/mol. The lowest BCUT2D eigenvalue weighted by Crippen LogP contribution is -2.46. The topological polar surface area (TPSA) is 63.0 Å². The SMILES string of the molecule is c1ccc(-c2nc(CN3CCN(c4cc(-n5cccn5)ncn4)CC3)cs2)cc1. The predicted molar refractivity (Wildman–Crippen MR) is 114 cm³/mol. The third-order valence-electron chi connectivity index (χ3n) is 5.03. The first kappa shape index (κ1) is 18.0. The molecule has 0 N–H and O–H groups in total. The second-order valence-electron chi connectivity index (χ2n) is 6.96. The number of aromatic nitrogens is 5. The third-order valence-corrected chi connectivity index (χ3v) is 5.97. The Morgan fingerprint density at radius 1 is 0.931 bits per heavy atom. The van der Waals surface area contributed by atoms with Gasteiger partial charge in [-0.2, -0.15) is 5.10 Å². The van der Waals surface area contributed by atoms with E-state index in [1.807, 2.05) is 24.4 Å². The van der Waals surface area contributed by atoms with E-state index in [-0.39, 0.29) is 0 Å². The van der Waals surface area contributed by atoms with Crippen LogP contribution in [0.2, 0.25) is 0 Å². The van der Waals surface area contributed by atoms with Crippen molar-refractivity contribution in [1.82, 2.24) is 29.6 Å². The molecule has 5 rings (SSSR count). The molecule has 4 heterocycles. The zero-order valence-electron chi connectivity index (χ0n) is 15.9. The Bertz CT molecular complexity index is 1050. The van der Waals surface area contributed by atoms with Crippen molar-refractivity contribution in [3.05, 3.63) is 72.3 Å². The van der Waals surface area contributed by atoms with Crippen LogP contribution in [0, 0.1) is 0 Å². The zero-order chi connectivity index (χ0) is 19.5. The summed E-state index contributed by atoms with van der Waals surface area (Å²) in [5, 5.41) is 7.51. The van der Waals surface area contributed by atoms with E-state index in [4.69, 9.17) is 4.98 Å². The molecule has 1 saturated heterocycles. The molecule has 4 aromatic rings. The van der Waals surface area contributed by atoms with Crippen molar-refractivity contribution >= 4 is 17.2 Å². The molecule has 7 nitrogen and oxygen atoms in total. The van der Waals surface area contributed by atoms with Crippen molar-refractivity contribution in [3.8, 4) is 16.4 Å². The van der Waals surface area contributed by atoms with Crippen molar-refractivity contribution in [3.63, 3.8) is 0 Å². The monoisotopic (exact) mass is 403 g/mol. The molecule has 29 heavy (non-hydrogen) atoms. The first-order valence-electron chi connectivity index (χ1n) is 9.64. The predicted octanol–water partition coefficient (Wildman–Crippen LogP) is 3.11.